The van der Waals surface area contributed by atoms with Gasteiger partial charge in [-0.2, -0.15) is 4.98 Å². The topological polar surface area (TPSA) is 79.4 Å². The molecule has 0 amide bonds. The fraction of sp³-hybridized carbons (Fsp3) is 0.227. The Balaban J connectivity index is 1.71. The zero-order chi connectivity index (χ0) is 20.6. The minimum absolute atomic E-state index is 0.383. The first-order valence-corrected chi connectivity index (χ1v) is 9.53. The third-order valence-corrected chi connectivity index (χ3v) is 4.46. The van der Waals surface area contributed by atoms with E-state index in [1.54, 1.807) is 30.5 Å². The molecule has 150 valence electrons. The fourth-order valence-electron chi connectivity index (χ4n) is 2.95. The van der Waals surface area contributed by atoms with E-state index in [4.69, 9.17) is 4.74 Å². The Hall–Kier alpha value is -3.61. The second-order valence-corrected chi connectivity index (χ2v) is 6.31. The minimum atomic E-state index is -0.383. The largest absolute Gasteiger partial charge is 0.465 e. The van der Waals surface area contributed by atoms with Crippen LogP contribution in [0.25, 0.3) is 0 Å². The van der Waals surface area contributed by atoms with Crippen LogP contribution in [0.15, 0.2) is 60.8 Å². The summed E-state index contributed by atoms with van der Waals surface area (Å²) in [5, 5.41) is 6.40. The summed E-state index contributed by atoms with van der Waals surface area (Å²) in [6.45, 7) is 6.22. The molecule has 0 aliphatic rings. The van der Waals surface area contributed by atoms with Crippen molar-refractivity contribution in [1.82, 2.24) is 9.97 Å². The van der Waals surface area contributed by atoms with Gasteiger partial charge in [0.05, 0.1) is 12.7 Å². The van der Waals surface area contributed by atoms with E-state index in [9.17, 15) is 4.79 Å². The highest BCUT2D eigenvalue weighted by atomic mass is 16.5. The Morgan fingerprint density at radius 1 is 1.00 bits per heavy atom. The third kappa shape index (κ3) is 5.22. The van der Waals surface area contributed by atoms with Crippen LogP contribution < -0.4 is 15.5 Å². The Morgan fingerprint density at radius 3 is 2.45 bits per heavy atom. The second kappa shape index (κ2) is 9.54. The van der Waals surface area contributed by atoms with Crippen molar-refractivity contribution >= 4 is 34.8 Å². The van der Waals surface area contributed by atoms with Crippen LogP contribution in [-0.2, 0) is 4.74 Å². The average molecular weight is 391 g/mol. The third-order valence-electron chi connectivity index (χ3n) is 4.46. The van der Waals surface area contributed by atoms with Gasteiger partial charge in [-0.05, 0) is 62.4 Å². The van der Waals surface area contributed by atoms with Gasteiger partial charge in [0.25, 0.3) is 0 Å². The SMILES string of the molecule is CCN(CC)c1ccc(Nc2nccc(Nc3cccc(C(=O)OC)c3)n2)cc1. The van der Waals surface area contributed by atoms with Gasteiger partial charge in [-0.25, -0.2) is 9.78 Å². The molecule has 0 atom stereocenters. The van der Waals surface area contributed by atoms with Crippen LogP contribution in [-0.4, -0.2) is 36.1 Å². The maximum atomic E-state index is 11.7. The van der Waals surface area contributed by atoms with Crippen molar-refractivity contribution in [2.75, 3.05) is 35.7 Å². The highest BCUT2D eigenvalue weighted by Crippen LogP contribution is 2.21. The lowest BCUT2D eigenvalue weighted by molar-refractivity contribution is 0.0601. The van der Waals surface area contributed by atoms with Gasteiger partial charge in [0.15, 0.2) is 0 Å². The number of anilines is 5. The Bertz CT molecular complexity index is 955. The number of carbonyl (C=O) groups excluding carboxylic acids is 1. The van der Waals surface area contributed by atoms with E-state index in [1.165, 1.54) is 12.8 Å². The summed E-state index contributed by atoms with van der Waals surface area (Å²) in [7, 11) is 1.36. The number of nitrogens with one attached hydrogen (secondary N) is 2. The number of hydrogen-bond donors (Lipinski definition) is 2. The molecule has 3 aromatic rings. The monoisotopic (exact) mass is 391 g/mol. The molecular weight excluding hydrogens is 366 g/mol. The lowest BCUT2D eigenvalue weighted by atomic mass is 10.2. The number of nitrogens with zero attached hydrogens (tertiary/aromatic N) is 3. The van der Waals surface area contributed by atoms with E-state index < -0.39 is 0 Å². The molecule has 0 bridgehead atoms. The number of aromatic nitrogens is 2. The van der Waals surface area contributed by atoms with Crippen molar-refractivity contribution in [2.45, 2.75) is 13.8 Å². The molecule has 0 aliphatic carbocycles. The maximum absolute atomic E-state index is 11.7. The van der Waals surface area contributed by atoms with Crippen molar-refractivity contribution in [3.63, 3.8) is 0 Å². The van der Waals surface area contributed by atoms with Gasteiger partial charge in [-0.15, -0.1) is 0 Å². The standard InChI is InChI=1S/C22H25N5O2/c1-4-27(5-2)19-11-9-17(10-12-19)25-22-23-14-13-20(26-22)24-18-8-6-7-16(15-18)21(28)29-3/h6-15H,4-5H2,1-3H3,(H2,23,24,25,26). The van der Waals surface area contributed by atoms with Crippen molar-refractivity contribution in [2.24, 2.45) is 0 Å². The van der Waals surface area contributed by atoms with E-state index in [2.05, 4.69) is 51.5 Å². The molecule has 0 aliphatic heterocycles. The summed E-state index contributed by atoms with van der Waals surface area (Å²) in [6.07, 6.45) is 1.67. The van der Waals surface area contributed by atoms with Gasteiger partial charge in [0.1, 0.15) is 5.82 Å². The average Bonchev–Trinajstić information content (AvgIpc) is 2.75. The number of esters is 1. The summed E-state index contributed by atoms with van der Waals surface area (Å²) in [5.74, 6) is 0.714. The van der Waals surface area contributed by atoms with Crippen LogP contribution in [0.5, 0.6) is 0 Å². The van der Waals surface area contributed by atoms with Crippen LogP contribution in [0.3, 0.4) is 0 Å². The van der Waals surface area contributed by atoms with Crippen molar-refractivity contribution in [3.05, 3.63) is 66.4 Å². The molecule has 0 saturated heterocycles. The number of hydrogen-bond acceptors (Lipinski definition) is 7. The normalized spacial score (nSPS) is 10.3. The predicted octanol–water partition coefficient (Wildman–Crippen LogP) is 4.60. The van der Waals surface area contributed by atoms with Gasteiger partial charge in [-0.3, -0.25) is 0 Å². The van der Waals surface area contributed by atoms with E-state index in [0.717, 1.165) is 24.5 Å². The molecule has 0 spiro atoms. The van der Waals surface area contributed by atoms with Gasteiger partial charge >= 0.3 is 5.97 Å². The van der Waals surface area contributed by atoms with Gasteiger partial charge in [0, 0.05) is 36.3 Å². The molecular formula is C22H25N5O2. The number of benzene rings is 2. The van der Waals surface area contributed by atoms with E-state index >= 15 is 0 Å². The Kier molecular flexibility index (Phi) is 6.63. The molecule has 2 N–H and O–H groups in total. The number of ether oxygens (including phenoxy) is 1. The first-order chi connectivity index (χ1) is 14.1. The highest BCUT2D eigenvalue weighted by Gasteiger charge is 2.07. The van der Waals surface area contributed by atoms with Gasteiger partial charge < -0.3 is 20.3 Å². The number of carbonyl (C=O) groups is 1. The minimum Gasteiger partial charge on any atom is -0.465 e. The maximum Gasteiger partial charge on any atom is 0.337 e. The van der Waals surface area contributed by atoms with Crippen LogP contribution in [0.1, 0.15) is 24.2 Å². The van der Waals surface area contributed by atoms with Crippen molar-refractivity contribution in [1.29, 1.82) is 0 Å². The van der Waals surface area contributed by atoms with Crippen LogP contribution in [0.2, 0.25) is 0 Å². The molecule has 1 heterocycles. The highest BCUT2D eigenvalue weighted by molar-refractivity contribution is 5.90. The quantitative estimate of drug-likeness (QED) is 0.543. The first kappa shape index (κ1) is 20.1. The Labute approximate surface area is 170 Å². The first-order valence-electron chi connectivity index (χ1n) is 9.53. The summed E-state index contributed by atoms with van der Waals surface area (Å²) in [5.41, 5.74) is 3.30. The molecule has 1 aromatic heterocycles. The molecule has 0 radical (unpaired) electrons. The second-order valence-electron chi connectivity index (χ2n) is 6.31. The number of methoxy groups -OCH3 is 1. The van der Waals surface area contributed by atoms with Crippen molar-refractivity contribution in [3.8, 4) is 0 Å². The van der Waals surface area contributed by atoms with Crippen LogP contribution >= 0.6 is 0 Å². The van der Waals surface area contributed by atoms with Gasteiger partial charge in [0.2, 0.25) is 5.95 Å². The molecule has 2 aromatic carbocycles. The smallest absolute Gasteiger partial charge is 0.337 e. The molecule has 0 fully saturated rings. The summed E-state index contributed by atoms with van der Waals surface area (Å²) in [6, 6.07) is 17.0. The number of rotatable bonds is 8. The van der Waals surface area contributed by atoms with E-state index in [1.807, 2.05) is 18.2 Å². The molecule has 0 saturated carbocycles. The van der Waals surface area contributed by atoms with E-state index in [0.29, 0.717) is 17.3 Å². The summed E-state index contributed by atoms with van der Waals surface area (Å²) >= 11 is 0. The molecule has 7 nitrogen and oxygen atoms in total. The van der Waals surface area contributed by atoms with Crippen molar-refractivity contribution < 1.29 is 9.53 Å². The Morgan fingerprint density at radius 2 is 1.76 bits per heavy atom. The van der Waals surface area contributed by atoms with Crippen LogP contribution in [0, 0.1) is 0 Å². The van der Waals surface area contributed by atoms with Gasteiger partial charge in [-0.1, -0.05) is 6.07 Å². The van der Waals surface area contributed by atoms with E-state index in [-0.39, 0.29) is 5.97 Å². The predicted molar refractivity (Wildman–Crippen MR) is 116 cm³/mol. The van der Waals surface area contributed by atoms with Crippen LogP contribution in [0.4, 0.5) is 28.8 Å². The fourth-order valence-corrected chi connectivity index (χ4v) is 2.95. The zero-order valence-electron chi connectivity index (χ0n) is 16.8. The lowest BCUT2D eigenvalue weighted by Gasteiger charge is -2.21. The lowest BCUT2D eigenvalue weighted by Crippen LogP contribution is -2.21. The zero-order valence-corrected chi connectivity index (χ0v) is 16.8. The molecule has 0 unspecified atom stereocenters. The molecule has 3 rings (SSSR count). The summed E-state index contributed by atoms with van der Waals surface area (Å²) < 4.78 is 4.76. The molecule has 7 heteroatoms. The molecule has 29 heavy (non-hydrogen) atoms. The summed E-state index contributed by atoms with van der Waals surface area (Å²) in [4.78, 5) is 22.7.